The Kier molecular flexibility index (Phi) is 7.16. The lowest BCUT2D eigenvalue weighted by atomic mass is 9.93. The van der Waals surface area contributed by atoms with Crippen molar-refractivity contribution in [3.05, 3.63) is 59.7 Å². The first-order chi connectivity index (χ1) is 15.5. The van der Waals surface area contributed by atoms with Crippen molar-refractivity contribution in [2.45, 2.75) is 57.5 Å². The standard InChI is InChI=1S/C25H33N3O3S/c1-2-32(30,31)27-23-14-16-28-24(23)18-19-9-8-12-21(17-19)22-13-6-5-11-20(22)10-4-3-7-15-26-25(28)29/h5-6,8-9,11-13,17,23-24,27H,2-4,7,10,14-16,18H2,1H3,(H,26,29)/t23-,24-/m1/s1. The van der Waals surface area contributed by atoms with Crippen molar-refractivity contribution in [3.8, 4) is 11.1 Å². The highest BCUT2D eigenvalue weighted by Crippen LogP contribution is 2.29. The van der Waals surface area contributed by atoms with E-state index in [-0.39, 0.29) is 23.9 Å². The normalized spacial score (nSPS) is 22.3. The van der Waals surface area contributed by atoms with E-state index in [0.717, 1.165) is 31.2 Å². The highest BCUT2D eigenvalue weighted by Gasteiger charge is 2.38. The molecule has 172 valence electrons. The second-order valence-electron chi connectivity index (χ2n) is 8.78. The second kappa shape index (κ2) is 10.0. The van der Waals surface area contributed by atoms with Gasteiger partial charge in [-0.3, -0.25) is 0 Å². The summed E-state index contributed by atoms with van der Waals surface area (Å²) in [5, 5.41) is 3.06. The minimum atomic E-state index is -3.36. The third kappa shape index (κ3) is 5.33. The molecule has 2 aromatic carbocycles. The largest absolute Gasteiger partial charge is 0.338 e. The van der Waals surface area contributed by atoms with Gasteiger partial charge in [0.15, 0.2) is 0 Å². The van der Waals surface area contributed by atoms with E-state index in [1.54, 1.807) is 6.92 Å². The lowest BCUT2D eigenvalue weighted by Gasteiger charge is -2.29. The average Bonchev–Trinajstić information content (AvgIpc) is 3.17. The van der Waals surface area contributed by atoms with Crippen LogP contribution in [-0.2, 0) is 22.9 Å². The molecule has 7 heteroatoms. The minimum absolute atomic E-state index is 0.0364. The molecule has 1 fully saturated rings. The van der Waals surface area contributed by atoms with Gasteiger partial charge in [-0.15, -0.1) is 0 Å². The van der Waals surface area contributed by atoms with Crippen molar-refractivity contribution in [1.29, 1.82) is 0 Å². The molecule has 0 aliphatic carbocycles. The van der Waals surface area contributed by atoms with Gasteiger partial charge >= 0.3 is 6.03 Å². The fourth-order valence-corrected chi connectivity index (χ4v) is 5.75. The Morgan fingerprint density at radius 1 is 1.09 bits per heavy atom. The number of nitrogens with one attached hydrogen (secondary N) is 2. The van der Waals surface area contributed by atoms with E-state index in [1.165, 1.54) is 16.7 Å². The van der Waals surface area contributed by atoms with Gasteiger partial charge in [0, 0.05) is 19.1 Å². The van der Waals surface area contributed by atoms with Crippen LogP contribution in [0.3, 0.4) is 0 Å². The minimum Gasteiger partial charge on any atom is -0.338 e. The fourth-order valence-electron chi connectivity index (χ4n) is 4.85. The lowest BCUT2D eigenvalue weighted by Crippen LogP contribution is -2.50. The van der Waals surface area contributed by atoms with Crippen LogP contribution in [0.15, 0.2) is 48.5 Å². The smallest absolute Gasteiger partial charge is 0.317 e. The van der Waals surface area contributed by atoms with Crippen molar-refractivity contribution in [2.75, 3.05) is 18.8 Å². The van der Waals surface area contributed by atoms with Gasteiger partial charge in [-0.05, 0) is 61.3 Å². The van der Waals surface area contributed by atoms with Gasteiger partial charge in [0.2, 0.25) is 10.0 Å². The molecule has 0 saturated carbocycles. The van der Waals surface area contributed by atoms with E-state index in [1.807, 2.05) is 4.90 Å². The molecular weight excluding hydrogens is 422 g/mol. The zero-order valence-corrected chi connectivity index (χ0v) is 19.5. The number of fused-ring (bicyclic) bond motifs is 5. The Morgan fingerprint density at radius 2 is 1.94 bits per heavy atom. The van der Waals surface area contributed by atoms with Crippen LogP contribution in [0.4, 0.5) is 4.79 Å². The highest BCUT2D eigenvalue weighted by atomic mass is 32.2. The Hall–Kier alpha value is -2.38. The molecule has 2 aliphatic rings. The summed E-state index contributed by atoms with van der Waals surface area (Å²) in [6.07, 6.45) is 5.33. The SMILES string of the molecule is CCS(=O)(=O)N[C@@H]1CCN2C(=O)NCCCCCc3ccccc3-c3cccc(c3)C[C@H]12. The maximum Gasteiger partial charge on any atom is 0.317 e. The van der Waals surface area contributed by atoms with E-state index in [0.29, 0.717) is 25.9 Å². The number of nitrogens with zero attached hydrogens (tertiary/aromatic N) is 1. The first-order valence-electron chi connectivity index (χ1n) is 11.7. The maximum atomic E-state index is 13.0. The third-order valence-corrected chi connectivity index (χ3v) is 8.04. The topological polar surface area (TPSA) is 78.5 Å². The quantitative estimate of drug-likeness (QED) is 0.741. The molecule has 2 aromatic rings. The number of carbonyl (C=O) groups excluding carboxylic acids is 1. The van der Waals surface area contributed by atoms with E-state index in [4.69, 9.17) is 0 Å². The van der Waals surface area contributed by atoms with Crippen LogP contribution in [0.5, 0.6) is 0 Å². The van der Waals surface area contributed by atoms with E-state index in [9.17, 15) is 13.2 Å². The zero-order valence-electron chi connectivity index (χ0n) is 18.7. The van der Waals surface area contributed by atoms with Gasteiger partial charge in [0.25, 0.3) is 0 Å². The van der Waals surface area contributed by atoms with Crippen molar-refractivity contribution in [2.24, 2.45) is 0 Å². The summed E-state index contributed by atoms with van der Waals surface area (Å²) in [6, 6.07) is 16.4. The molecule has 32 heavy (non-hydrogen) atoms. The molecule has 4 rings (SSSR count). The summed E-state index contributed by atoms with van der Waals surface area (Å²) in [6.45, 7) is 2.83. The van der Waals surface area contributed by atoms with Crippen LogP contribution in [0.1, 0.15) is 43.7 Å². The number of urea groups is 1. The van der Waals surface area contributed by atoms with Gasteiger partial charge in [0.1, 0.15) is 0 Å². The number of amides is 2. The van der Waals surface area contributed by atoms with Crippen LogP contribution >= 0.6 is 0 Å². The molecule has 2 N–H and O–H groups in total. The Balaban J connectivity index is 1.68. The van der Waals surface area contributed by atoms with Gasteiger partial charge in [-0.1, -0.05) is 55.0 Å². The first-order valence-corrected chi connectivity index (χ1v) is 13.3. The fraction of sp³-hybridized carbons (Fsp3) is 0.480. The second-order valence-corrected chi connectivity index (χ2v) is 10.8. The first kappa shape index (κ1) is 22.8. The summed E-state index contributed by atoms with van der Waals surface area (Å²) in [5.41, 5.74) is 4.88. The van der Waals surface area contributed by atoms with Crippen molar-refractivity contribution < 1.29 is 13.2 Å². The van der Waals surface area contributed by atoms with Crippen LogP contribution in [0, 0.1) is 0 Å². The van der Waals surface area contributed by atoms with E-state index < -0.39 is 10.0 Å². The number of carbonyl (C=O) groups is 1. The van der Waals surface area contributed by atoms with E-state index in [2.05, 4.69) is 58.6 Å². The summed E-state index contributed by atoms with van der Waals surface area (Å²) in [4.78, 5) is 14.8. The Labute approximate surface area is 191 Å². The lowest BCUT2D eigenvalue weighted by molar-refractivity contribution is 0.189. The Bertz CT molecular complexity index is 1050. The molecule has 0 aromatic heterocycles. The number of hydrogen-bond donors (Lipinski definition) is 2. The van der Waals surface area contributed by atoms with E-state index >= 15 is 0 Å². The van der Waals surface area contributed by atoms with Crippen molar-refractivity contribution >= 4 is 16.1 Å². The summed E-state index contributed by atoms with van der Waals surface area (Å²) < 4.78 is 27.4. The molecule has 2 atom stereocenters. The molecule has 0 unspecified atom stereocenters. The van der Waals surface area contributed by atoms with Gasteiger partial charge in [-0.25, -0.2) is 17.9 Å². The molecule has 0 radical (unpaired) electrons. The third-order valence-electron chi connectivity index (χ3n) is 6.62. The average molecular weight is 456 g/mol. The van der Waals surface area contributed by atoms with Crippen LogP contribution in [-0.4, -0.2) is 50.3 Å². The monoisotopic (exact) mass is 455 g/mol. The number of aryl methyl sites for hydroxylation is 1. The van der Waals surface area contributed by atoms with Gasteiger partial charge < -0.3 is 10.2 Å². The molecule has 6 nitrogen and oxygen atoms in total. The predicted octanol–water partition coefficient (Wildman–Crippen LogP) is 3.71. The number of rotatable bonds is 3. The molecule has 0 spiro atoms. The highest BCUT2D eigenvalue weighted by molar-refractivity contribution is 7.89. The molecule has 2 heterocycles. The molecule has 1 saturated heterocycles. The van der Waals surface area contributed by atoms with Crippen molar-refractivity contribution in [3.63, 3.8) is 0 Å². The summed E-state index contributed by atoms with van der Waals surface area (Å²) in [7, 11) is -3.36. The Morgan fingerprint density at radius 3 is 2.78 bits per heavy atom. The molecule has 2 aliphatic heterocycles. The van der Waals surface area contributed by atoms with Crippen LogP contribution in [0.2, 0.25) is 0 Å². The molecule has 2 amide bonds. The van der Waals surface area contributed by atoms with Crippen molar-refractivity contribution in [1.82, 2.24) is 14.9 Å². The van der Waals surface area contributed by atoms with Crippen LogP contribution in [0.25, 0.3) is 11.1 Å². The number of benzene rings is 2. The summed E-state index contributed by atoms with van der Waals surface area (Å²) in [5.74, 6) is 0.0364. The maximum absolute atomic E-state index is 13.0. The summed E-state index contributed by atoms with van der Waals surface area (Å²) >= 11 is 0. The molecule has 2 bridgehead atoms. The molecular formula is C25H33N3O3S. The van der Waals surface area contributed by atoms with Crippen LogP contribution < -0.4 is 10.0 Å². The van der Waals surface area contributed by atoms with Gasteiger partial charge in [-0.2, -0.15) is 0 Å². The zero-order chi connectivity index (χ0) is 22.6. The van der Waals surface area contributed by atoms with Gasteiger partial charge in [0.05, 0.1) is 11.8 Å². The predicted molar refractivity (Wildman–Crippen MR) is 128 cm³/mol. The number of hydrogen-bond acceptors (Lipinski definition) is 3. The number of sulfonamides is 1.